The summed E-state index contributed by atoms with van der Waals surface area (Å²) in [5, 5.41) is 8.60. The van der Waals surface area contributed by atoms with Crippen molar-refractivity contribution in [2.45, 2.75) is 13.8 Å². The number of imidazole rings is 1. The van der Waals surface area contributed by atoms with Crippen molar-refractivity contribution in [3.05, 3.63) is 17.2 Å². The van der Waals surface area contributed by atoms with Crippen molar-refractivity contribution < 1.29 is 0 Å². The molecule has 0 N–H and O–H groups in total. The highest BCUT2D eigenvalue weighted by Crippen LogP contribution is 2.05. The van der Waals surface area contributed by atoms with Gasteiger partial charge in [0.2, 0.25) is 0 Å². The first kappa shape index (κ1) is 6.81. The predicted octanol–water partition coefficient (Wildman–Crippen LogP) is 0.909. The van der Waals surface area contributed by atoms with Gasteiger partial charge in [-0.2, -0.15) is 5.26 Å². The Kier molecular flexibility index (Phi) is 1.46. The summed E-state index contributed by atoms with van der Waals surface area (Å²) in [6.45, 7) is 3.72. The lowest BCUT2D eigenvalue weighted by atomic mass is 10.4. The van der Waals surface area contributed by atoms with Crippen LogP contribution < -0.4 is 0 Å². The fourth-order valence-corrected chi connectivity index (χ4v) is 0.931. The molecule has 0 aliphatic rings. The van der Waals surface area contributed by atoms with E-state index in [1.807, 2.05) is 20.9 Å². The summed E-state index contributed by atoms with van der Waals surface area (Å²) in [4.78, 5) is 4.12. The van der Waals surface area contributed by atoms with Crippen molar-refractivity contribution in [2.75, 3.05) is 0 Å². The maximum Gasteiger partial charge on any atom is 0.142 e. The van der Waals surface area contributed by atoms with Crippen LogP contribution in [0.4, 0.5) is 0 Å². The van der Waals surface area contributed by atoms with Gasteiger partial charge in [-0.15, -0.1) is 0 Å². The fraction of sp³-hybridized carbons (Fsp3) is 0.429. The Labute approximate surface area is 59.9 Å². The molecule has 10 heavy (non-hydrogen) atoms. The summed E-state index contributed by atoms with van der Waals surface area (Å²) >= 11 is 0. The van der Waals surface area contributed by atoms with Crippen LogP contribution in [0.5, 0.6) is 0 Å². The third kappa shape index (κ3) is 0.781. The minimum absolute atomic E-state index is 0.650. The van der Waals surface area contributed by atoms with Crippen molar-refractivity contribution in [3.63, 3.8) is 0 Å². The second-order valence-corrected chi connectivity index (χ2v) is 2.26. The van der Waals surface area contributed by atoms with Gasteiger partial charge in [0.25, 0.3) is 0 Å². The first-order chi connectivity index (χ1) is 4.66. The molecule has 1 rings (SSSR count). The van der Waals surface area contributed by atoms with Gasteiger partial charge in [-0.05, 0) is 13.8 Å². The summed E-state index contributed by atoms with van der Waals surface area (Å²) < 4.78 is 1.79. The minimum Gasteiger partial charge on any atom is -0.323 e. The fourth-order valence-electron chi connectivity index (χ4n) is 0.931. The first-order valence-corrected chi connectivity index (χ1v) is 3.07. The number of aromatic nitrogens is 2. The van der Waals surface area contributed by atoms with Gasteiger partial charge < -0.3 is 4.57 Å². The number of rotatable bonds is 0. The third-order valence-electron chi connectivity index (χ3n) is 1.60. The van der Waals surface area contributed by atoms with Gasteiger partial charge >= 0.3 is 0 Å². The molecule has 0 spiro atoms. The van der Waals surface area contributed by atoms with Crippen LogP contribution in [0.3, 0.4) is 0 Å². The number of nitriles is 1. The molecule has 0 aliphatic carbocycles. The van der Waals surface area contributed by atoms with Crippen molar-refractivity contribution in [3.8, 4) is 6.07 Å². The highest BCUT2D eigenvalue weighted by atomic mass is 15.1. The summed E-state index contributed by atoms with van der Waals surface area (Å²) in [7, 11) is 1.84. The third-order valence-corrected chi connectivity index (χ3v) is 1.60. The number of hydrogen-bond acceptors (Lipinski definition) is 2. The zero-order valence-corrected chi connectivity index (χ0v) is 6.34. The Balaban J connectivity index is 3.37. The van der Waals surface area contributed by atoms with E-state index >= 15 is 0 Å². The van der Waals surface area contributed by atoms with Crippen molar-refractivity contribution >= 4 is 0 Å². The van der Waals surface area contributed by atoms with Crippen LogP contribution in [0.1, 0.15) is 17.2 Å². The monoisotopic (exact) mass is 135 g/mol. The molecule has 0 saturated carbocycles. The van der Waals surface area contributed by atoms with Crippen LogP contribution in [0, 0.1) is 25.2 Å². The van der Waals surface area contributed by atoms with Crippen LogP contribution >= 0.6 is 0 Å². The summed E-state index contributed by atoms with van der Waals surface area (Å²) in [5.74, 6) is 0.883. The molecule has 0 bridgehead atoms. The van der Waals surface area contributed by atoms with E-state index in [-0.39, 0.29) is 0 Å². The second kappa shape index (κ2) is 2.14. The number of aryl methyl sites for hydroxylation is 2. The zero-order valence-electron chi connectivity index (χ0n) is 6.34. The van der Waals surface area contributed by atoms with Crippen molar-refractivity contribution in [1.29, 1.82) is 5.26 Å². The lowest BCUT2D eigenvalue weighted by Gasteiger charge is -1.92. The molecule has 0 saturated heterocycles. The lowest BCUT2D eigenvalue weighted by Crippen LogP contribution is -1.94. The Hall–Kier alpha value is -1.30. The maximum absolute atomic E-state index is 8.60. The van der Waals surface area contributed by atoms with Gasteiger partial charge in [0.05, 0.1) is 5.69 Å². The first-order valence-electron chi connectivity index (χ1n) is 3.07. The molecule has 1 aromatic heterocycles. The Bertz CT molecular complexity index is 291. The SMILES string of the molecule is Cc1nc(C)n(C)c1C#N. The molecule has 0 aromatic carbocycles. The number of hydrogen-bond donors (Lipinski definition) is 0. The number of nitrogens with zero attached hydrogens (tertiary/aromatic N) is 3. The zero-order chi connectivity index (χ0) is 7.72. The largest absolute Gasteiger partial charge is 0.323 e. The van der Waals surface area contributed by atoms with E-state index in [0.29, 0.717) is 5.69 Å². The normalized spacial score (nSPS) is 9.40. The van der Waals surface area contributed by atoms with E-state index in [2.05, 4.69) is 11.1 Å². The molecule has 3 nitrogen and oxygen atoms in total. The Morgan fingerprint density at radius 1 is 1.50 bits per heavy atom. The highest BCUT2D eigenvalue weighted by molar-refractivity contribution is 5.27. The quantitative estimate of drug-likeness (QED) is 0.530. The summed E-state index contributed by atoms with van der Waals surface area (Å²) in [6, 6.07) is 2.08. The highest BCUT2D eigenvalue weighted by Gasteiger charge is 2.05. The lowest BCUT2D eigenvalue weighted by molar-refractivity contribution is 0.845. The van der Waals surface area contributed by atoms with Gasteiger partial charge in [-0.25, -0.2) is 4.98 Å². The van der Waals surface area contributed by atoms with E-state index in [9.17, 15) is 0 Å². The molecular formula is C7H9N3. The van der Waals surface area contributed by atoms with Crippen molar-refractivity contribution in [2.24, 2.45) is 7.05 Å². The average Bonchev–Trinajstić information content (AvgIpc) is 2.09. The molecule has 1 heterocycles. The van der Waals surface area contributed by atoms with Gasteiger partial charge in [-0.1, -0.05) is 0 Å². The van der Waals surface area contributed by atoms with E-state index in [0.717, 1.165) is 11.5 Å². The smallest absolute Gasteiger partial charge is 0.142 e. The maximum atomic E-state index is 8.60. The topological polar surface area (TPSA) is 41.6 Å². The van der Waals surface area contributed by atoms with Crippen molar-refractivity contribution in [1.82, 2.24) is 9.55 Å². The molecule has 0 unspecified atom stereocenters. The minimum atomic E-state index is 0.650. The molecule has 0 aliphatic heterocycles. The molecule has 52 valence electrons. The van der Waals surface area contributed by atoms with Crippen LogP contribution in [-0.4, -0.2) is 9.55 Å². The predicted molar refractivity (Wildman–Crippen MR) is 37.4 cm³/mol. The average molecular weight is 135 g/mol. The Morgan fingerprint density at radius 2 is 2.10 bits per heavy atom. The Morgan fingerprint density at radius 3 is 2.30 bits per heavy atom. The van der Waals surface area contributed by atoms with E-state index in [4.69, 9.17) is 5.26 Å². The van der Waals surface area contributed by atoms with Crippen LogP contribution in [0.2, 0.25) is 0 Å². The van der Waals surface area contributed by atoms with Crippen LogP contribution in [0.15, 0.2) is 0 Å². The summed E-state index contributed by atoms with van der Waals surface area (Å²) in [6.07, 6.45) is 0. The van der Waals surface area contributed by atoms with Gasteiger partial charge in [0.15, 0.2) is 0 Å². The molecule has 0 radical (unpaired) electrons. The molecule has 0 fully saturated rings. The van der Waals surface area contributed by atoms with E-state index < -0.39 is 0 Å². The molecule has 1 aromatic rings. The van der Waals surface area contributed by atoms with Crippen LogP contribution in [0.25, 0.3) is 0 Å². The standard InChI is InChI=1S/C7H9N3/c1-5-7(4-8)10(3)6(2)9-5/h1-3H3. The van der Waals surface area contributed by atoms with Gasteiger partial charge in [0.1, 0.15) is 17.6 Å². The van der Waals surface area contributed by atoms with Gasteiger partial charge in [0, 0.05) is 7.05 Å². The van der Waals surface area contributed by atoms with Crippen LogP contribution in [-0.2, 0) is 7.05 Å². The van der Waals surface area contributed by atoms with E-state index in [1.54, 1.807) is 4.57 Å². The molecule has 0 atom stereocenters. The van der Waals surface area contributed by atoms with E-state index in [1.165, 1.54) is 0 Å². The molecule has 0 amide bonds. The van der Waals surface area contributed by atoms with Gasteiger partial charge in [-0.3, -0.25) is 0 Å². The molecular weight excluding hydrogens is 126 g/mol. The summed E-state index contributed by atoms with van der Waals surface area (Å²) in [5.41, 5.74) is 1.46. The molecule has 3 heteroatoms. The second-order valence-electron chi connectivity index (χ2n) is 2.26.